The molecule has 1 amide bonds. The Balaban J connectivity index is 1.77. The second kappa shape index (κ2) is 6.90. The Hall–Kier alpha value is -2.23. The zero-order valence-corrected chi connectivity index (χ0v) is 12.8. The molecule has 2 aromatic rings. The Morgan fingerprint density at radius 1 is 1.04 bits per heavy atom. The third-order valence-electron chi connectivity index (χ3n) is 4.32. The van der Waals surface area contributed by atoms with Crippen LogP contribution in [-0.4, -0.2) is 17.4 Å². The van der Waals surface area contributed by atoms with Crippen molar-refractivity contribution in [2.75, 3.05) is 6.54 Å². The van der Waals surface area contributed by atoms with Crippen LogP contribution in [0.3, 0.4) is 0 Å². The minimum atomic E-state index is -0.330. The van der Waals surface area contributed by atoms with E-state index in [1.165, 1.54) is 24.3 Å². The van der Waals surface area contributed by atoms with Crippen molar-refractivity contribution in [1.82, 2.24) is 4.90 Å². The minimum Gasteiger partial charge on any atom is -0.335 e. The van der Waals surface area contributed by atoms with Gasteiger partial charge in [-0.1, -0.05) is 24.3 Å². The Labute approximate surface area is 134 Å². The van der Waals surface area contributed by atoms with Crippen LogP contribution in [0.2, 0.25) is 0 Å². The summed E-state index contributed by atoms with van der Waals surface area (Å²) in [6.45, 7) is 0.691. The van der Waals surface area contributed by atoms with Crippen LogP contribution in [0.1, 0.15) is 36.4 Å². The first-order valence-electron chi connectivity index (χ1n) is 7.93. The topological polar surface area (TPSA) is 20.3 Å². The predicted octanol–water partition coefficient (Wildman–Crippen LogP) is 4.26. The number of amides is 1. The maximum atomic E-state index is 13.3. The Kier molecular flexibility index (Phi) is 4.70. The molecule has 1 heterocycles. The highest BCUT2D eigenvalue weighted by molar-refractivity contribution is 5.79. The highest BCUT2D eigenvalue weighted by Gasteiger charge is 2.27. The number of carbonyl (C=O) groups excluding carboxylic acids is 1. The molecule has 23 heavy (non-hydrogen) atoms. The van der Waals surface area contributed by atoms with Crippen LogP contribution >= 0.6 is 0 Å². The fraction of sp³-hybridized carbons (Fsp3) is 0.316. The number of hydrogen-bond donors (Lipinski definition) is 0. The SMILES string of the molecule is O=C(Cc1cccc(F)c1)N1CCCCC1c1ccc(F)cc1. The van der Waals surface area contributed by atoms with Gasteiger partial charge in [0.05, 0.1) is 12.5 Å². The Bertz CT molecular complexity index is 684. The predicted molar refractivity (Wildman–Crippen MR) is 84.8 cm³/mol. The van der Waals surface area contributed by atoms with Gasteiger partial charge in [-0.15, -0.1) is 0 Å². The average molecular weight is 315 g/mol. The van der Waals surface area contributed by atoms with Gasteiger partial charge in [0.15, 0.2) is 0 Å². The highest BCUT2D eigenvalue weighted by Crippen LogP contribution is 2.31. The minimum absolute atomic E-state index is 0.00961. The van der Waals surface area contributed by atoms with E-state index in [1.807, 2.05) is 4.90 Å². The van der Waals surface area contributed by atoms with Gasteiger partial charge in [-0.3, -0.25) is 4.79 Å². The fourth-order valence-electron chi connectivity index (χ4n) is 3.18. The first kappa shape index (κ1) is 15.7. The summed E-state index contributed by atoms with van der Waals surface area (Å²) < 4.78 is 26.4. The van der Waals surface area contributed by atoms with Crippen LogP contribution in [0.5, 0.6) is 0 Å². The molecule has 120 valence electrons. The summed E-state index contributed by atoms with van der Waals surface area (Å²) in [5.41, 5.74) is 1.64. The van der Waals surface area contributed by atoms with E-state index in [1.54, 1.807) is 24.3 Å². The molecule has 1 unspecified atom stereocenters. The van der Waals surface area contributed by atoms with Gasteiger partial charge < -0.3 is 4.90 Å². The largest absolute Gasteiger partial charge is 0.335 e. The lowest BCUT2D eigenvalue weighted by Crippen LogP contribution is -2.39. The number of carbonyl (C=O) groups is 1. The smallest absolute Gasteiger partial charge is 0.227 e. The molecule has 2 aromatic carbocycles. The molecule has 1 atom stereocenters. The first-order valence-corrected chi connectivity index (χ1v) is 7.93. The van der Waals surface area contributed by atoms with E-state index < -0.39 is 0 Å². The molecular formula is C19H19F2NO. The fourth-order valence-corrected chi connectivity index (χ4v) is 3.18. The quantitative estimate of drug-likeness (QED) is 0.828. The number of hydrogen-bond acceptors (Lipinski definition) is 1. The van der Waals surface area contributed by atoms with E-state index in [0.717, 1.165) is 24.8 Å². The summed E-state index contributed by atoms with van der Waals surface area (Å²) in [5.74, 6) is -0.615. The molecule has 2 nitrogen and oxygen atoms in total. The number of likely N-dealkylation sites (tertiary alicyclic amines) is 1. The molecule has 4 heteroatoms. The van der Waals surface area contributed by atoms with Crippen molar-refractivity contribution in [3.63, 3.8) is 0 Å². The molecule has 0 aromatic heterocycles. The van der Waals surface area contributed by atoms with Gasteiger partial charge in [0.1, 0.15) is 11.6 Å². The number of halogens is 2. The molecule has 0 saturated carbocycles. The van der Waals surface area contributed by atoms with E-state index in [2.05, 4.69) is 0 Å². The van der Waals surface area contributed by atoms with E-state index >= 15 is 0 Å². The highest BCUT2D eigenvalue weighted by atomic mass is 19.1. The van der Waals surface area contributed by atoms with Crippen LogP contribution in [0, 0.1) is 11.6 Å². The molecule has 0 spiro atoms. The molecule has 3 rings (SSSR count). The van der Waals surface area contributed by atoms with Gasteiger partial charge in [-0.25, -0.2) is 8.78 Å². The molecule has 1 fully saturated rings. The normalized spacial score (nSPS) is 18.0. The van der Waals surface area contributed by atoms with Crippen LogP contribution in [0.25, 0.3) is 0 Å². The summed E-state index contributed by atoms with van der Waals surface area (Å²) >= 11 is 0. The lowest BCUT2D eigenvalue weighted by atomic mass is 9.94. The molecule has 1 aliphatic rings. The molecule has 0 radical (unpaired) electrons. The van der Waals surface area contributed by atoms with Gasteiger partial charge >= 0.3 is 0 Å². The van der Waals surface area contributed by atoms with E-state index in [4.69, 9.17) is 0 Å². The van der Waals surface area contributed by atoms with Crippen molar-refractivity contribution in [2.24, 2.45) is 0 Å². The van der Waals surface area contributed by atoms with Crippen LogP contribution in [0.15, 0.2) is 48.5 Å². The van der Waals surface area contributed by atoms with Crippen molar-refractivity contribution in [1.29, 1.82) is 0 Å². The third kappa shape index (κ3) is 3.76. The number of benzene rings is 2. The van der Waals surface area contributed by atoms with E-state index in [-0.39, 0.29) is 30.0 Å². The summed E-state index contributed by atoms with van der Waals surface area (Å²) in [7, 11) is 0. The molecule has 0 bridgehead atoms. The van der Waals surface area contributed by atoms with E-state index in [0.29, 0.717) is 12.1 Å². The van der Waals surface area contributed by atoms with Gasteiger partial charge in [-0.2, -0.15) is 0 Å². The second-order valence-corrected chi connectivity index (χ2v) is 5.96. The van der Waals surface area contributed by atoms with Gasteiger partial charge in [0.25, 0.3) is 0 Å². The lowest BCUT2D eigenvalue weighted by molar-refractivity contribution is -0.134. The van der Waals surface area contributed by atoms with Crippen molar-refractivity contribution in [2.45, 2.75) is 31.7 Å². The lowest BCUT2D eigenvalue weighted by Gasteiger charge is -2.36. The molecular weight excluding hydrogens is 296 g/mol. The van der Waals surface area contributed by atoms with E-state index in [9.17, 15) is 13.6 Å². The molecule has 1 aliphatic heterocycles. The van der Waals surface area contributed by atoms with Gasteiger partial charge in [0.2, 0.25) is 5.91 Å². The van der Waals surface area contributed by atoms with Crippen LogP contribution in [0.4, 0.5) is 8.78 Å². The standard InChI is InChI=1S/C19H19F2NO/c20-16-9-7-15(8-10-16)18-6-1-2-11-22(18)19(23)13-14-4-3-5-17(21)12-14/h3-5,7-10,12,18H,1-2,6,11,13H2. The van der Waals surface area contributed by atoms with Gasteiger partial charge in [0, 0.05) is 6.54 Å². The zero-order valence-electron chi connectivity index (χ0n) is 12.8. The first-order chi connectivity index (χ1) is 11.1. The maximum Gasteiger partial charge on any atom is 0.227 e. The number of rotatable bonds is 3. The number of nitrogens with zero attached hydrogens (tertiary/aromatic N) is 1. The Morgan fingerprint density at radius 2 is 1.83 bits per heavy atom. The van der Waals surface area contributed by atoms with Crippen LogP contribution < -0.4 is 0 Å². The Morgan fingerprint density at radius 3 is 2.57 bits per heavy atom. The van der Waals surface area contributed by atoms with Crippen molar-refractivity contribution >= 4 is 5.91 Å². The number of piperidine rings is 1. The monoisotopic (exact) mass is 315 g/mol. The summed E-state index contributed by atoms with van der Waals surface area (Å²) in [6, 6.07) is 12.5. The van der Waals surface area contributed by atoms with Gasteiger partial charge in [-0.05, 0) is 54.7 Å². The summed E-state index contributed by atoms with van der Waals surface area (Å²) in [6.07, 6.45) is 3.08. The second-order valence-electron chi connectivity index (χ2n) is 5.96. The maximum absolute atomic E-state index is 13.3. The van der Waals surface area contributed by atoms with Crippen LogP contribution in [-0.2, 0) is 11.2 Å². The summed E-state index contributed by atoms with van der Waals surface area (Å²) in [4.78, 5) is 14.5. The zero-order chi connectivity index (χ0) is 16.2. The average Bonchev–Trinajstić information content (AvgIpc) is 2.55. The van der Waals surface area contributed by atoms with Crippen molar-refractivity contribution in [3.8, 4) is 0 Å². The van der Waals surface area contributed by atoms with Crippen molar-refractivity contribution in [3.05, 3.63) is 71.3 Å². The summed E-state index contributed by atoms with van der Waals surface area (Å²) in [5, 5.41) is 0. The third-order valence-corrected chi connectivity index (χ3v) is 4.32. The molecule has 1 saturated heterocycles. The molecule has 0 aliphatic carbocycles. The molecule has 0 N–H and O–H groups in total. The van der Waals surface area contributed by atoms with Crippen molar-refractivity contribution < 1.29 is 13.6 Å².